The van der Waals surface area contributed by atoms with Gasteiger partial charge in [0.1, 0.15) is 0 Å². The molecule has 0 amide bonds. The van der Waals surface area contributed by atoms with Crippen molar-refractivity contribution in [2.24, 2.45) is 0 Å². The Morgan fingerprint density at radius 2 is 2.00 bits per heavy atom. The molecule has 20 heavy (non-hydrogen) atoms. The SMILES string of the molecule is CCNC1CCN(Cc2ccncc2)c2ccccc21. The molecule has 1 aliphatic rings. The first-order chi connectivity index (χ1) is 9.88. The molecule has 0 aliphatic carbocycles. The summed E-state index contributed by atoms with van der Waals surface area (Å²) in [5.41, 5.74) is 4.10. The van der Waals surface area contributed by atoms with Gasteiger partial charge < -0.3 is 10.2 Å². The molecule has 0 fully saturated rings. The summed E-state index contributed by atoms with van der Waals surface area (Å²) in [5.74, 6) is 0. The number of benzene rings is 1. The van der Waals surface area contributed by atoms with Crippen molar-refractivity contribution in [2.75, 3.05) is 18.0 Å². The lowest BCUT2D eigenvalue weighted by Gasteiger charge is -2.36. The van der Waals surface area contributed by atoms with Crippen molar-refractivity contribution in [1.29, 1.82) is 0 Å². The Kier molecular flexibility index (Phi) is 3.97. The number of anilines is 1. The Hall–Kier alpha value is -1.87. The number of hydrogen-bond acceptors (Lipinski definition) is 3. The Morgan fingerprint density at radius 3 is 2.80 bits per heavy atom. The number of rotatable bonds is 4. The van der Waals surface area contributed by atoms with Crippen LogP contribution in [0.3, 0.4) is 0 Å². The first-order valence-corrected chi connectivity index (χ1v) is 7.34. The summed E-state index contributed by atoms with van der Waals surface area (Å²) in [7, 11) is 0. The highest BCUT2D eigenvalue weighted by Gasteiger charge is 2.23. The van der Waals surface area contributed by atoms with E-state index in [2.05, 4.69) is 58.5 Å². The van der Waals surface area contributed by atoms with Crippen LogP contribution in [-0.4, -0.2) is 18.1 Å². The van der Waals surface area contributed by atoms with Crippen LogP contribution in [0.2, 0.25) is 0 Å². The summed E-state index contributed by atoms with van der Waals surface area (Å²) < 4.78 is 0. The molecule has 1 atom stereocenters. The van der Waals surface area contributed by atoms with Gasteiger partial charge in [0, 0.05) is 37.2 Å². The first-order valence-electron chi connectivity index (χ1n) is 7.34. The van der Waals surface area contributed by atoms with E-state index in [-0.39, 0.29) is 0 Å². The molecule has 104 valence electrons. The quantitative estimate of drug-likeness (QED) is 0.922. The van der Waals surface area contributed by atoms with E-state index in [0.717, 1.165) is 26.1 Å². The molecule has 0 radical (unpaired) electrons. The fourth-order valence-corrected chi connectivity index (χ4v) is 2.96. The lowest BCUT2D eigenvalue weighted by Crippen LogP contribution is -2.35. The van der Waals surface area contributed by atoms with Crippen molar-refractivity contribution < 1.29 is 0 Å². The Bertz CT molecular complexity index is 553. The highest BCUT2D eigenvalue weighted by Crippen LogP contribution is 2.34. The molecule has 3 nitrogen and oxygen atoms in total. The molecule has 0 saturated heterocycles. The topological polar surface area (TPSA) is 28.2 Å². The van der Waals surface area contributed by atoms with Crippen LogP contribution in [-0.2, 0) is 6.54 Å². The summed E-state index contributed by atoms with van der Waals surface area (Å²) >= 11 is 0. The lowest BCUT2D eigenvalue weighted by atomic mass is 9.96. The van der Waals surface area contributed by atoms with Crippen molar-refractivity contribution >= 4 is 5.69 Å². The summed E-state index contributed by atoms with van der Waals surface area (Å²) in [6, 6.07) is 13.4. The van der Waals surface area contributed by atoms with Crippen molar-refractivity contribution in [3.8, 4) is 0 Å². The second-order valence-corrected chi connectivity index (χ2v) is 5.23. The van der Waals surface area contributed by atoms with Gasteiger partial charge in [-0.1, -0.05) is 25.1 Å². The van der Waals surface area contributed by atoms with Gasteiger partial charge >= 0.3 is 0 Å². The third kappa shape index (κ3) is 2.68. The normalized spacial score (nSPS) is 17.9. The van der Waals surface area contributed by atoms with Gasteiger partial charge in [-0.25, -0.2) is 0 Å². The van der Waals surface area contributed by atoms with Gasteiger partial charge in [0.05, 0.1) is 0 Å². The molecule has 1 aromatic carbocycles. The summed E-state index contributed by atoms with van der Waals surface area (Å²) in [4.78, 5) is 6.56. The van der Waals surface area contributed by atoms with Crippen molar-refractivity contribution in [3.05, 3.63) is 59.9 Å². The van der Waals surface area contributed by atoms with Crippen LogP contribution >= 0.6 is 0 Å². The maximum Gasteiger partial charge on any atom is 0.0430 e. The van der Waals surface area contributed by atoms with Crippen LogP contribution in [0.25, 0.3) is 0 Å². The average Bonchev–Trinajstić information content (AvgIpc) is 2.51. The van der Waals surface area contributed by atoms with Gasteiger partial charge in [-0.15, -0.1) is 0 Å². The van der Waals surface area contributed by atoms with Crippen LogP contribution in [0.15, 0.2) is 48.8 Å². The van der Waals surface area contributed by atoms with Gasteiger partial charge in [0.25, 0.3) is 0 Å². The van der Waals surface area contributed by atoms with Gasteiger partial charge in [0.15, 0.2) is 0 Å². The largest absolute Gasteiger partial charge is 0.367 e. The number of para-hydroxylation sites is 1. The zero-order chi connectivity index (χ0) is 13.8. The second kappa shape index (κ2) is 6.06. The maximum atomic E-state index is 4.09. The van der Waals surface area contributed by atoms with Gasteiger partial charge in [0.2, 0.25) is 0 Å². The minimum absolute atomic E-state index is 0.491. The number of nitrogens with zero attached hydrogens (tertiary/aromatic N) is 2. The summed E-state index contributed by atoms with van der Waals surface area (Å²) in [6.07, 6.45) is 4.90. The highest BCUT2D eigenvalue weighted by atomic mass is 15.1. The lowest BCUT2D eigenvalue weighted by molar-refractivity contribution is 0.489. The van der Waals surface area contributed by atoms with E-state index in [4.69, 9.17) is 0 Å². The third-order valence-electron chi connectivity index (χ3n) is 3.91. The van der Waals surface area contributed by atoms with Crippen LogP contribution in [0.4, 0.5) is 5.69 Å². The molecule has 1 unspecified atom stereocenters. The van der Waals surface area contributed by atoms with Crippen molar-refractivity contribution in [3.63, 3.8) is 0 Å². The van der Waals surface area contributed by atoms with E-state index in [0.29, 0.717) is 6.04 Å². The van der Waals surface area contributed by atoms with Gasteiger partial charge in [-0.05, 0) is 42.3 Å². The number of nitrogens with one attached hydrogen (secondary N) is 1. The van der Waals surface area contributed by atoms with Crippen LogP contribution in [0.1, 0.15) is 30.5 Å². The monoisotopic (exact) mass is 267 g/mol. The van der Waals surface area contributed by atoms with E-state index in [1.54, 1.807) is 0 Å². The minimum Gasteiger partial charge on any atom is -0.367 e. The molecule has 3 rings (SSSR count). The Balaban J connectivity index is 1.85. The molecule has 3 heteroatoms. The minimum atomic E-state index is 0.491. The predicted molar refractivity (Wildman–Crippen MR) is 82.8 cm³/mol. The summed E-state index contributed by atoms with van der Waals surface area (Å²) in [6.45, 7) is 5.24. The van der Waals surface area contributed by atoms with E-state index in [1.165, 1.54) is 16.8 Å². The van der Waals surface area contributed by atoms with Crippen LogP contribution in [0.5, 0.6) is 0 Å². The van der Waals surface area contributed by atoms with Crippen molar-refractivity contribution in [1.82, 2.24) is 10.3 Å². The zero-order valence-corrected chi connectivity index (χ0v) is 11.9. The molecule has 1 aliphatic heterocycles. The zero-order valence-electron chi connectivity index (χ0n) is 11.9. The number of hydrogen-bond donors (Lipinski definition) is 1. The predicted octanol–water partition coefficient (Wildman–Crippen LogP) is 3.14. The van der Waals surface area contributed by atoms with Crippen LogP contribution in [0, 0.1) is 0 Å². The molecule has 0 bridgehead atoms. The number of aromatic nitrogens is 1. The van der Waals surface area contributed by atoms with E-state index < -0.39 is 0 Å². The van der Waals surface area contributed by atoms with Crippen LogP contribution < -0.4 is 10.2 Å². The number of pyridine rings is 1. The first kappa shape index (κ1) is 13.1. The molecule has 2 aromatic rings. The van der Waals surface area contributed by atoms with Gasteiger partial charge in [-0.3, -0.25) is 4.98 Å². The van der Waals surface area contributed by atoms with E-state index in [1.807, 2.05) is 12.4 Å². The Morgan fingerprint density at radius 1 is 1.20 bits per heavy atom. The van der Waals surface area contributed by atoms with Gasteiger partial charge in [-0.2, -0.15) is 0 Å². The molecular weight excluding hydrogens is 246 g/mol. The van der Waals surface area contributed by atoms with Crippen molar-refractivity contribution in [2.45, 2.75) is 25.9 Å². The second-order valence-electron chi connectivity index (χ2n) is 5.23. The highest BCUT2D eigenvalue weighted by molar-refractivity contribution is 5.57. The Labute approximate surface area is 120 Å². The summed E-state index contributed by atoms with van der Waals surface area (Å²) in [5, 5.41) is 3.59. The molecule has 0 spiro atoms. The average molecular weight is 267 g/mol. The van der Waals surface area contributed by atoms with E-state index in [9.17, 15) is 0 Å². The van der Waals surface area contributed by atoms with E-state index >= 15 is 0 Å². The molecule has 1 N–H and O–H groups in total. The fourth-order valence-electron chi connectivity index (χ4n) is 2.96. The fraction of sp³-hybridized carbons (Fsp3) is 0.353. The maximum absolute atomic E-state index is 4.09. The third-order valence-corrected chi connectivity index (χ3v) is 3.91. The molecule has 1 aromatic heterocycles. The molecule has 2 heterocycles. The smallest absolute Gasteiger partial charge is 0.0430 e. The molecular formula is C17H21N3. The molecule has 0 saturated carbocycles. The number of fused-ring (bicyclic) bond motifs is 1. The standard InChI is InChI=1S/C17H21N3/c1-2-19-16-9-12-20(13-14-7-10-18-11-8-14)17-6-4-3-5-15(16)17/h3-8,10-11,16,19H,2,9,12-13H2,1H3.